The van der Waals surface area contributed by atoms with Crippen LogP contribution in [0, 0.1) is 5.82 Å². The van der Waals surface area contributed by atoms with E-state index in [1.807, 2.05) is 4.90 Å². The Morgan fingerprint density at radius 3 is 2.36 bits per heavy atom. The molecule has 0 N–H and O–H groups in total. The van der Waals surface area contributed by atoms with Crippen LogP contribution < -0.4 is 15.4 Å². The molecule has 1 aromatic carbocycles. The minimum Gasteiger partial charge on any atom is -0.468 e. The molecule has 1 aliphatic heterocycles. The van der Waals surface area contributed by atoms with E-state index in [1.54, 1.807) is 18.2 Å². The van der Waals surface area contributed by atoms with Gasteiger partial charge in [-0.3, -0.25) is 9.59 Å². The van der Waals surface area contributed by atoms with Crippen molar-refractivity contribution in [1.82, 2.24) is 9.78 Å². The number of ether oxygens (including phenoxy) is 1. The maximum atomic E-state index is 13.0. The number of anilines is 2. The van der Waals surface area contributed by atoms with Crippen molar-refractivity contribution in [3.63, 3.8) is 0 Å². The number of hydrogen-bond donors (Lipinski definition) is 0. The molecule has 0 unspecified atom stereocenters. The Morgan fingerprint density at radius 2 is 1.72 bits per heavy atom. The fraction of sp³-hybridized carbons (Fsp3) is 0.353. The zero-order chi connectivity index (χ0) is 17.8. The SMILES string of the molecule is COC(=O)Cn1nc(N2CCN(c3ccc(F)cc3)CC2)ccc1=O. The fourth-order valence-electron chi connectivity index (χ4n) is 2.75. The molecule has 0 amide bonds. The molecule has 0 aliphatic carbocycles. The number of aromatic nitrogens is 2. The number of rotatable bonds is 4. The molecule has 25 heavy (non-hydrogen) atoms. The molecule has 132 valence electrons. The lowest BCUT2D eigenvalue weighted by atomic mass is 10.2. The van der Waals surface area contributed by atoms with Gasteiger partial charge in [0, 0.05) is 37.9 Å². The lowest BCUT2D eigenvalue weighted by Gasteiger charge is -2.36. The second kappa shape index (κ2) is 7.33. The van der Waals surface area contributed by atoms with Crippen LogP contribution in [0.3, 0.4) is 0 Å². The Hall–Kier alpha value is -2.90. The summed E-state index contributed by atoms with van der Waals surface area (Å²) in [5.74, 6) is -0.130. The third-order valence-corrected chi connectivity index (χ3v) is 4.15. The van der Waals surface area contributed by atoms with Crippen molar-refractivity contribution < 1.29 is 13.9 Å². The second-order valence-electron chi connectivity index (χ2n) is 5.71. The first kappa shape index (κ1) is 16.9. The highest BCUT2D eigenvalue weighted by atomic mass is 19.1. The quantitative estimate of drug-likeness (QED) is 0.766. The number of nitrogens with zero attached hydrogens (tertiary/aromatic N) is 4. The smallest absolute Gasteiger partial charge is 0.327 e. The van der Waals surface area contributed by atoms with E-state index >= 15 is 0 Å². The molecule has 1 aliphatic rings. The molecule has 3 rings (SSSR count). The van der Waals surface area contributed by atoms with Crippen LogP contribution in [0.2, 0.25) is 0 Å². The van der Waals surface area contributed by atoms with E-state index in [2.05, 4.69) is 14.7 Å². The second-order valence-corrected chi connectivity index (χ2v) is 5.71. The van der Waals surface area contributed by atoms with Crippen LogP contribution in [0.4, 0.5) is 15.9 Å². The molecule has 2 heterocycles. The molecular formula is C17H19FN4O3. The number of hydrogen-bond acceptors (Lipinski definition) is 6. The van der Waals surface area contributed by atoms with Crippen molar-refractivity contribution in [2.24, 2.45) is 0 Å². The highest BCUT2D eigenvalue weighted by Gasteiger charge is 2.19. The zero-order valence-electron chi connectivity index (χ0n) is 13.9. The minimum absolute atomic E-state index is 0.210. The van der Waals surface area contributed by atoms with Gasteiger partial charge >= 0.3 is 5.97 Å². The van der Waals surface area contributed by atoms with Crippen LogP contribution in [-0.2, 0) is 16.1 Å². The number of benzene rings is 1. The number of methoxy groups -OCH3 is 1. The summed E-state index contributed by atoms with van der Waals surface area (Å²) in [5, 5.41) is 4.25. The molecule has 0 atom stereocenters. The van der Waals surface area contributed by atoms with Crippen molar-refractivity contribution in [3.8, 4) is 0 Å². The fourth-order valence-corrected chi connectivity index (χ4v) is 2.75. The topological polar surface area (TPSA) is 67.7 Å². The summed E-state index contributed by atoms with van der Waals surface area (Å²) >= 11 is 0. The van der Waals surface area contributed by atoms with Crippen molar-refractivity contribution >= 4 is 17.5 Å². The third kappa shape index (κ3) is 3.96. The maximum absolute atomic E-state index is 13.0. The molecule has 0 radical (unpaired) electrons. The summed E-state index contributed by atoms with van der Waals surface area (Å²) in [5.41, 5.74) is 0.628. The normalized spacial score (nSPS) is 14.5. The van der Waals surface area contributed by atoms with Gasteiger partial charge in [0.05, 0.1) is 7.11 Å². The Labute approximate surface area is 144 Å². The van der Waals surface area contributed by atoms with E-state index in [0.717, 1.165) is 23.5 Å². The van der Waals surface area contributed by atoms with E-state index in [4.69, 9.17) is 0 Å². The molecule has 7 nitrogen and oxygen atoms in total. The summed E-state index contributed by atoms with van der Waals surface area (Å²) in [4.78, 5) is 27.4. The summed E-state index contributed by atoms with van der Waals surface area (Å²) in [6.07, 6.45) is 0. The molecule has 1 saturated heterocycles. The van der Waals surface area contributed by atoms with Crippen LogP contribution in [0.5, 0.6) is 0 Å². The van der Waals surface area contributed by atoms with Gasteiger partial charge < -0.3 is 14.5 Å². The highest BCUT2D eigenvalue weighted by molar-refractivity contribution is 5.68. The van der Waals surface area contributed by atoms with Gasteiger partial charge in [-0.25, -0.2) is 9.07 Å². The highest BCUT2D eigenvalue weighted by Crippen LogP contribution is 2.19. The predicted molar refractivity (Wildman–Crippen MR) is 91.3 cm³/mol. The maximum Gasteiger partial charge on any atom is 0.327 e. The largest absolute Gasteiger partial charge is 0.468 e. The van der Waals surface area contributed by atoms with E-state index in [9.17, 15) is 14.0 Å². The average molecular weight is 346 g/mol. The van der Waals surface area contributed by atoms with E-state index in [-0.39, 0.29) is 17.9 Å². The molecule has 0 saturated carbocycles. The Morgan fingerprint density at radius 1 is 1.08 bits per heavy atom. The van der Waals surface area contributed by atoms with E-state index in [1.165, 1.54) is 25.3 Å². The molecule has 1 aromatic heterocycles. The Bertz CT molecular complexity index is 798. The van der Waals surface area contributed by atoms with Crippen LogP contribution in [0.15, 0.2) is 41.2 Å². The van der Waals surface area contributed by atoms with Gasteiger partial charge in [0.2, 0.25) is 0 Å². The Balaban J connectivity index is 1.68. The first-order chi connectivity index (χ1) is 12.1. The van der Waals surface area contributed by atoms with Crippen molar-refractivity contribution in [1.29, 1.82) is 0 Å². The summed E-state index contributed by atoms with van der Waals surface area (Å²) < 4.78 is 18.7. The number of esters is 1. The van der Waals surface area contributed by atoms with Crippen LogP contribution in [0.1, 0.15) is 0 Å². The van der Waals surface area contributed by atoms with E-state index in [0.29, 0.717) is 18.9 Å². The van der Waals surface area contributed by atoms with Gasteiger partial charge in [-0.05, 0) is 30.3 Å². The summed E-state index contributed by atoms with van der Waals surface area (Å²) in [6, 6.07) is 9.48. The van der Waals surface area contributed by atoms with Crippen molar-refractivity contribution in [3.05, 3.63) is 52.6 Å². The molecule has 8 heteroatoms. The van der Waals surface area contributed by atoms with Gasteiger partial charge in [-0.15, -0.1) is 0 Å². The number of carbonyl (C=O) groups excluding carboxylic acids is 1. The van der Waals surface area contributed by atoms with Crippen LogP contribution in [-0.4, -0.2) is 49.0 Å². The Kier molecular flexibility index (Phi) is 4.97. The van der Waals surface area contributed by atoms with Gasteiger partial charge in [0.25, 0.3) is 5.56 Å². The predicted octanol–water partition coefficient (Wildman–Crippen LogP) is 0.882. The van der Waals surface area contributed by atoms with Crippen molar-refractivity contribution in [2.75, 3.05) is 43.1 Å². The third-order valence-electron chi connectivity index (χ3n) is 4.15. The lowest BCUT2D eigenvalue weighted by Crippen LogP contribution is -2.47. The molecule has 1 fully saturated rings. The monoisotopic (exact) mass is 346 g/mol. The lowest BCUT2D eigenvalue weighted by molar-refractivity contribution is -0.141. The van der Waals surface area contributed by atoms with Gasteiger partial charge in [0.15, 0.2) is 0 Å². The first-order valence-corrected chi connectivity index (χ1v) is 7.97. The first-order valence-electron chi connectivity index (χ1n) is 7.97. The average Bonchev–Trinajstić information content (AvgIpc) is 2.64. The molecule has 0 bridgehead atoms. The van der Waals surface area contributed by atoms with E-state index < -0.39 is 5.97 Å². The number of piperazine rings is 1. The van der Waals surface area contributed by atoms with Crippen molar-refractivity contribution in [2.45, 2.75) is 6.54 Å². The zero-order valence-corrected chi connectivity index (χ0v) is 13.9. The molecule has 2 aromatic rings. The summed E-state index contributed by atoms with van der Waals surface area (Å²) in [6.45, 7) is 2.72. The van der Waals surface area contributed by atoms with Gasteiger partial charge in [-0.2, -0.15) is 5.10 Å². The minimum atomic E-state index is -0.520. The standard InChI is InChI=1S/C17H19FN4O3/c1-25-17(24)12-22-16(23)7-6-15(19-22)21-10-8-20(9-11-21)14-4-2-13(18)3-5-14/h2-7H,8-12H2,1H3. The van der Waals surface area contributed by atoms with Gasteiger partial charge in [0.1, 0.15) is 18.2 Å². The van der Waals surface area contributed by atoms with Crippen LogP contribution >= 0.6 is 0 Å². The number of halogens is 1. The molecular weight excluding hydrogens is 327 g/mol. The molecule has 0 spiro atoms. The van der Waals surface area contributed by atoms with Gasteiger partial charge in [-0.1, -0.05) is 0 Å². The summed E-state index contributed by atoms with van der Waals surface area (Å²) in [7, 11) is 1.27. The number of carbonyl (C=O) groups is 1. The van der Waals surface area contributed by atoms with Crippen LogP contribution in [0.25, 0.3) is 0 Å².